The summed E-state index contributed by atoms with van der Waals surface area (Å²) in [6.45, 7) is 6.00. The van der Waals surface area contributed by atoms with Gasteiger partial charge < -0.3 is 23.7 Å². The van der Waals surface area contributed by atoms with Crippen LogP contribution in [0.15, 0.2) is 94.9 Å². The van der Waals surface area contributed by atoms with Crippen molar-refractivity contribution in [2.75, 3.05) is 19.9 Å². The van der Waals surface area contributed by atoms with Crippen LogP contribution >= 0.6 is 11.6 Å². The van der Waals surface area contributed by atoms with E-state index < -0.39 is 5.92 Å². The average molecular weight is 587 g/mol. The highest BCUT2D eigenvalue weighted by Gasteiger charge is 2.28. The zero-order valence-electron chi connectivity index (χ0n) is 23.3. The van der Waals surface area contributed by atoms with Crippen molar-refractivity contribution in [2.24, 2.45) is 0 Å². The maximum absolute atomic E-state index is 13.9. The minimum Gasteiger partial charge on any atom is -0.464 e. The molecule has 0 saturated heterocycles. The van der Waals surface area contributed by atoms with Crippen molar-refractivity contribution in [3.63, 3.8) is 0 Å². The van der Waals surface area contributed by atoms with Crippen molar-refractivity contribution in [1.82, 2.24) is 9.80 Å². The van der Waals surface area contributed by atoms with Crippen molar-refractivity contribution >= 4 is 34.4 Å². The third-order valence-electron chi connectivity index (χ3n) is 7.23. The molecule has 0 aliphatic carbocycles. The molecule has 1 aliphatic heterocycles. The van der Waals surface area contributed by atoms with E-state index in [2.05, 4.69) is 6.58 Å². The van der Waals surface area contributed by atoms with E-state index in [-0.39, 0.29) is 55.8 Å². The lowest BCUT2D eigenvalue weighted by Crippen LogP contribution is -2.44. The van der Waals surface area contributed by atoms with Gasteiger partial charge in [-0.2, -0.15) is 0 Å². The lowest BCUT2D eigenvalue weighted by atomic mass is 9.95. The molecule has 8 nitrogen and oxygen atoms in total. The molecule has 0 N–H and O–H groups in total. The van der Waals surface area contributed by atoms with Gasteiger partial charge in [-0.25, -0.2) is 0 Å². The van der Waals surface area contributed by atoms with Crippen LogP contribution < -0.4 is 14.9 Å². The number of amides is 2. The van der Waals surface area contributed by atoms with Crippen LogP contribution in [-0.4, -0.2) is 41.5 Å². The molecule has 1 atom stereocenters. The highest BCUT2D eigenvalue weighted by atomic mass is 35.5. The monoisotopic (exact) mass is 586 g/mol. The summed E-state index contributed by atoms with van der Waals surface area (Å²) in [7, 11) is 0. The Bertz CT molecular complexity index is 1670. The Morgan fingerprint density at radius 1 is 1.00 bits per heavy atom. The maximum atomic E-state index is 13.9. The molecule has 1 aliphatic rings. The fourth-order valence-corrected chi connectivity index (χ4v) is 5.23. The van der Waals surface area contributed by atoms with Crippen LogP contribution in [0.1, 0.15) is 36.0 Å². The van der Waals surface area contributed by atoms with Crippen LogP contribution in [0.5, 0.6) is 11.5 Å². The van der Waals surface area contributed by atoms with Crippen molar-refractivity contribution in [1.29, 1.82) is 0 Å². The van der Waals surface area contributed by atoms with Gasteiger partial charge in [-0.05, 0) is 47.9 Å². The molecule has 1 unspecified atom stereocenters. The Labute approximate surface area is 248 Å². The minimum atomic E-state index is -0.404. The molecule has 216 valence electrons. The van der Waals surface area contributed by atoms with Gasteiger partial charge in [0.25, 0.3) is 0 Å². The van der Waals surface area contributed by atoms with Gasteiger partial charge in [0.2, 0.25) is 18.6 Å². The van der Waals surface area contributed by atoms with Crippen LogP contribution in [0.25, 0.3) is 11.0 Å². The van der Waals surface area contributed by atoms with Crippen molar-refractivity contribution in [2.45, 2.75) is 32.4 Å². The van der Waals surface area contributed by atoms with Gasteiger partial charge in [-0.1, -0.05) is 61.0 Å². The van der Waals surface area contributed by atoms with Gasteiger partial charge in [0.1, 0.15) is 12.1 Å². The third-order valence-corrected chi connectivity index (χ3v) is 7.46. The number of benzene rings is 3. The summed E-state index contributed by atoms with van der Waals surface area (Å²) in [6, 6.07) is 19.8. The van der Waals surface area contributed by atoms with Crippen molar-refractivity contribution in [3.05, 3.63) is 118 Å². The molecular formula is C33H31ClN2O6. The second-order valence-corrected chi connectivity index (χ2v) is 10.5. The number of rotatable bonds is 11. The Balaban J connectivity index is 1.45. The normalized spacial score (nSPS) is 12.6. The van der Waals surface area contributed by atoms with Crippen LogP contribution in [-0.2, 0) is 22.7 Å². The Kier molecular flexibility index (Phi) is 8.93. The number of hydrogen-bond donors (Lipinski definition) is 0. The second-order valence-electron chi connectivity index (χ2n) is 10.0. The summed E-state index contributed by atoms with van der Waals surface area (Å²) >= 11 is 6.14. The molecule has 2 amide bonds. The smallest absolute Gasteiger partial charge is 0.242 e. The molecular weight excluding hydrogens is 556 g/mol. The van der Waals surface area contributed by atoms with Gasteiger partial charge in [0.05, 0.1) is 29.7 Å². The van der Waals surface area contributed by atoms with Gasteiger partial charge >= 0.3 is 0 Å². The van der Waals surface area contributed by atoms with Crippen LogP contribution in [0, 0.1) is 0 Å². The lowest BCUT2D eigenvalue weighted by molar-refractivity contribution is -0.141. The molecule has 42 heavy (non-hydrogen) atoms. The largest absolute Gasteiger partial charge is 0.464 e. The molecule has 1 aromatic heterocycles. The Morgan fingerprint density at radius 3 is 2.55 bits per heavy atom. The van der Waals surface area contributed by atoms with E-state index in [1.807, 2.05) is 43.3 Å². The predicted molar refractivity (Wildman–Crippen MR) is 161 cm³/mol. The highest BCUT2D eigenvalue weighted by molar-refractivity contribution is 6.31. The van der Waals surface area contributed by atoms with Gasteiger partial charge in [0.15, 0.2) is 16.9 Å². The van der Waals surface area contributed by atoms with Crippen LogP contribution in [0.4, 0.5) is 0 Å². The molecule has 2 heterocycles. The van der Waals surface area contributed by atoms with Gasteiger partial charge in [-0.3, -0.25) is 14.4 Å². The topological polar surface area (TPSA) is 89.3 Å². The number of carbonyl (C=O) groups is 2. The number of ether oxygens (including phenoxy) is 2. The number of fused-ring (bicyclic) bond motifs is 2. The average Bonchev–Trinajstić information content (AvgIpc) is 3.47. The fourth-order valence-electron chi connectivity index (χ4n) is 5.06. The quantitative estimate of drug-likeness (QED) is 0.203. The number of carbonyl (C=O) groups excluding carboxylic acids is 2. The SMILES string of the molecule is C=CCN(CC(=O)N(Cc1ccc2c(c1)OCO2)Cc1coc2ccc(Cl)cc2c1=O)C(=O)C(CC)c1ccccc1. The number of nitrogens with zero attached hydrogens (tertiary/aromatic N) is 2. The molecule has 0 radical (unpaired) electrons. The lowest BCUT2D eigenvalue weighted by Gasteiger charge is -2.29. The first-order valence-corrected chi connectivity index (χ1v) is 14.1. The first-order valence-electron chi connectivity index (χ1n) is 13.7. The summed E-state index contributed by atoms with van der Waals surface area (Å²) < 4.78 is 16.7. The summed E-state index contributed by atoms with van der Waals surface area (Å²) in [4.78, 5) is 44.1. The Hall–Kier alpha value is -4.56. The summed E-state index contributed by atoms with van der Waals surface area (Å²) in [6.07, 6.45) is 3.55. The van der Waals surface area contributed by atoms with Gasteiger partial charge in [0, 0.05) is 18.1 Å². The fraction of sp³-hybridized carbons (Fsp3) is 0.242. The standard InChI is InChI=1S/C33H31ClN2O6/c1-3-14-35(33(39)26(4-2)23-8-6-5-7-9-23)19-31(37)36(17-22-10-12-29-30(15-22)42-21-41-29)18-24-20-40-28-13-11-25(34)16-27(28)32(24)38/h3,5-13,15-16,20,26H,1,4,14,17-19,21H2,2H3. The number of hydrogen-bond acceptors (Lipinski definition) is 6. The van der Waals surface area contributed by atoms with E-state index in [0.717, 1.165) is 11.1 Å². The van der Waals surface area contributed by atoms with E-state index in [1.165, 1.54) is 16.1 Å². The highest BCUT2D eigenvalue weighted by Crippen LogP contribution is 2.33. The molecule has 3 aromatic carbocycles. The zero-order valence-corrected chi connectivity index (χ0v) is 24.0. The number of halogens is 1. The van der Waals surface area contributed by atoms with E-state index in [9.17, 15) is 14.4 Å². The van der Waals surface area contributed by atoms with E-state index in [0.29, 0.717) is 33.9 Å². The van der Waals surface area contributed by atoms with Crippen LogP contribution in [0.3, 0.4) is 0 Å². The van der Waals surface area contributed by atoms with Gasteiger partial charge in [-0.15, -0.1) is 6.58 Å². The first-order chi connectivity index (χ1) is 20.4. The van der Waals surface area contributed by atoms with Crippen molar-refractivity contribution in [3.8, 4) is 11.5 Å². The summed E-state index contributed by atoms with van der Waals surface area (Å²) in [5, 5.41) is 0.732. The second kappa shape index (κ2) is 13.0. The van der Waals surface area contributed by atoms with Crippen LogP contribution in [0.2, 0.25) is 5.02 Å². The predicted octanol–water partition coefficient (Wildman–Crippen LogP) is 5.91. The molecule has 0 bridgehead atoms. The molecule has 0 saturated carbocycles. The molecule has 5 rings (SSSR count). The zero-order chi connectivity index (χ0) is 29.6. The summed E-state index contributed by atoms with van der Waals surface area (Å²) in [5.41, 5.74) is 2.07. The Morgan fingerprint density at radius 2 is 1.79 bits per heavy atom. The summed E-state index contributed by atoms with van der Waals surface area (Å²) in [5.74, 6) is 0.296. The minimum absolute atomic E-state index is 0.0376. The first kappa shape index (κ1) is 29.0. The van der Waals surface area contributed by atoms with Crippen molar-refractivity contribution < 1.29 is 23.5 Å². The van der Waals surface area contributed by atoms with E-state index in [1.54, 1.807) is 36.4 Å². The molecule has 4 aromatic rings. The maximum Gasteiger partial charge on any atom is 0.242 e. The third kappa shape index (κ3) is 6.34. The molecule has 9 heteroatoms. The molecule has 0 fully saturated rings. The molecule has 0 spiro atoms. The van der Waals surface area contributed by atoms with E-state index >= 15 is 0 Å². The van der Waals surface area contributed by atoms with E-state index in [4.69, 9.17) is 25.5 Å².